The summed E-state index contributed by atoms with van der Waals surface area (Å²) in [6.45, 7) is 3.75. The van der Waals surface area contributed by atoms with Crippen molar-refractivity contribution in [2.75, 3.05) is 6.26 Å². The van der Waals surface area contributed by atoms with Crippen molar-refractivity contribution in [3.8, 4) is 6.07 Å². The molecular weight excluding hydrogens is 244 g/mol. The maximum atomic E-state index is 11.5. The minimum Gasteiger partial charge on any atom is -0.381 e. The Labute approximate surface area is 112 Å². The van der Waals surface area contributed by atoms with Crippen molar-refractivity contribution in [1.29, 1.82) is 5.26 Å². The highest BCUT2D eigenvalue weighted by molar-refractivity contribution is 8.13. The summed E-state index contributed by atoms with van der Waals surface area (Å²) in [5.41, 5.74) is 1.92. The van der Waals surface area contributed by atoms with E-state index < -0.39 is 0 Å². The van der Waals surface area contributed by atoms with Gasteiger partial charge in [0.25, 0.3) is 0 Å². The van der Waals surface area contributed by atoms with Crippen LogP contribution in [0.25, 0.3) is 0 Å². The van der Waals surface area contributed by atoms with Crippen molar-refractivity contribution >= 4 is 16.9 Å². The molecule has 0 heterocycles. The third-order valence-corrected chi connectivity index (χ3v) is 3.18. The number of hydrogen-bond donors (Lipinski definition) is 1. The Morgan fingerprint density at radius 1 is 1.39 bits per heavy atom. The van der Waals surface area contributed by atoms with Crippen molar-refractivity contribution in [3.63, 3.8) is 0 Å². The molecule has 0 aliphatic heterocycles. The number of hydrogen-bond acceptors (Lipinski definition) is 4. The fraction of sp³-hybridized carbons (Fsp3) is 0.286. The Morgan fingerprint density at radius 3 is 2.50 bits per heavy atom. The van der Waals surface area contributed by atoms with E-state index in [-0.39, 0.29) is 16.7 Å². The first-order valence-corrected chi connectivity index (χ1v) is 6.83. The predicted octanol–water partition coefficient (Wildman–Crippen LogP) is 3.02. The van der Waals surface area contributed by atoms with Crippen LogP contribution in [0.3, 0.4) is 0 Å². The van der Waals surface area contributed by atoms with Gasteiger partial charge in [-0.2, -0.15) is 5.26 Å². The van der Waals surface area contributed by atoms with Gasteiger partial charge in [0.15, 0.2) is 0 Å². The van der Waals surface area contributed by atoms with Crippen LogP contribution >= 0.6 is 11.8 Å². The molecule has 0 amide bonds. The van der Waals surface area contributed by atoms with Crippen LogP contribution in [0.2, 0.25) is 0 Å². The van der Waals surface area contributed by atoms with Gasteiger partial charge < -0.3 is 5.32 Å². The summed E-state index contributed by atoms with van der Waals surface area (Å²) in [6.07, 6.45) is 1.67. The molecule has 0 saturated heterocycles. The van der Waals surface area contributed by atoms with Gasteiger partial charge in [-0.25, -0.2) is 0 Å². The second-order valence-corrected chi connectivity index (χ2v) is 4.66. The third-order valence-electron chi connectivity index (χ3n) is 2.61. The van der Waals surface area contributed by atoms with Gasteiger partial charge >= 0.3 is 0 Å². The molecule has 1 aromatic rings. The molecule has 0 radical (unpaired) electrons. The highest BCUT2D eigenvalue weighted by atomic mass is 32.2. The number of allylic oxidation sites excluding steroid dienone is 1. The summed E-state index contributed by atoms with van der Waals surface area (Å²) >= 11 is 1.05. The number of rotatable bonds is 4. The summed E-state index contributed by atoms with van der Waals surface area (Å²) in [5.74, 6) is 0. The minimum absolute atomic E-state index is 0.0595. The van der Waals surface area contributed by atoms with E-state index in [9.17, 15) is 4.79 Å². The zero-order valence-electron chi connectivity index (χ0n) is 10.7. The average Bonchev–Trinajstić information content (AvgIpc) is 2.40. The first kappa shape index (κ1) is 14.3. The summed E-state index contributed by atoms with van der Waals surface area (Å²) < 4.78 is 0. The standard InChI is InChI=1S/C14H16N2OS/c1-10(12-7-5-4-6-8-12)16-11(2)13(9-15)14(17)18-3/h4-8,10,16H,1-3H3/b13-11-. The Hall–Kier alpha value is -1.73. The molecule has 4 heteroatoms. The van der Waals surface area contributed by atoms with Gasteiger partial charge in [0, 0.05) is 11.7 Å². The van der Waals surface area contributed by atoms with Crippen molar-refractivity contribution < 1.29 is 4.79 Å². The summed E-state index contributed by atoms with van der Waals surface area (Å²) in [4.78, 5) is 11.5. The summed E-state index contributed by atoms with van der Waals surface area (Å²) in [7, 11) is 0. The van der Waals surface area contributed by atoms with Crippen molar-refractivity contribution in [2.24, 2.45) is 0 Å². The lowest BCUT2D eigenvalue weighted by molar-refractivity contribution is -0.107. The van der Waals surface area contributed by atoms with Crippen molar-refractivity contribution in [1.82, 2.24) is 5.32 Å². The van der Waals surface area contributed by atoms with E-state index in [0.29, 0.717) is 5.70 Å². The summed E-state index contributed by atoms with van der Waals surface area (Å²) in [5, 5.41) is 12.0. The van der Waals surface area contributed by atoms with Crippen LogP contribution in [0.1, 0.15) is 25.5 Å². The first-order chi connectivity index (χ1) is 8.60. The van der Waals surface area contributed by atoms with Crippen LogP contribution in [-0.4, -0.2) is 11.4 Å². The summed E-state index contributed by atoms with van der Waals surface area (Å²) in [6, 6.07) is 11.9. The smallest absolute Gasteiger partial charge is 0.231 e. The molecule has 0 spiro atoms. The monoisotopic (exact) mass is 260 g/mol. The number of thioether (sulfide) groups is 1. The molecule has 0 aromatic heterocycles. The quantitative estimate of drug-likeness (QED) is 0.668. The molecule has 0 aliphatic carbocycles. The van der Waals surface area contributed by atoms with E-state index in [1.54, 1.807) is 13.2 Å². The molecule has 18 heavy (non-hydrogen) atoms. The minimum atomic E-state index is -0.206. The molecule has 1 N–H and O–H groups in total. The maximum Gasteiger partial charge on any atom is 0.231 e. The second-order valence-electron chi connectivity index (χ2n) is 3.88. The SMILES string of the molecule is CSC(=O)/C(C#N)=C(/C)NC(C)c1ccccc1. The Morgan fingerprint density at radius 2 is 2.00 bits per heavy atom. The van der Waals surface area contributed by atoms with E-state index in [1.807, 2.05) is 43.3 Å². The second kappa shape index (κ2) is 6.87. The molecule has 1 aromatic carbocycles. The molecule has 1 rings (SSSR count). The number of carbonyl (C=O) groups is 1. The van der Waals surface area contributed by atoms with Crippen LogP contribution in [-0.2, 0) is 4.79 Å². The molecule has 0 bridgehead atoms. The fourth-order valence-electron chi connectivity index (χ4n) is 1.61. The molecule has 3 nitrogen and oxygen atoms in total. The van der Waals surface area contributed by atoms with Gasteiger partial charge in [0.2, 0.25) is 5.12 Å². The van der Waals surface area contributed by atoms with Crippen LogP contribution in [0.15, 0.2) is 41.6 Å². The van der Waals surface area contributed by atoms with Gasteiger partial charge in [-0.15, -0.1) is 0 Å². The lowest BCUT2D eigenvalue weighted by Gasteiger charge is -2.16. The molecule has 1 atom stereocenters. The fourth-order valence-corrected chi connectivity index (χ4v) is 2.01. The third kappa shape index (κ3) is 3.64. The molecule has 0 fully saturated rings. The zero-order valence-corrected chi connectivity index (χ0v) is 11.5. The Balaban J connectivity index is 2.87. The maximum absolute atomic E-state index is 11.5. The van der Waals surface area contributed by atoms with Gasteiger partial charge in [0.05, 0.1) is 0 Å². The van der Waals surface area contributed by atoms with Gasteiger partial charge in [0.1, 0.15) is 11.6 Å². The van der Waals surface area contributed by atoms with Gasteiger partial charge in [-0.05, 0) is 25.7 Å². The number of nitrogens with one attached hydrogen (secondary N) is 1. The van der Waals surface area contributed by atoms with Crippen LogP contribution in [0, 0.1) is 11.3 Å². The van der Waals surface area contributed by atoms with Crippen LogP contribution in [0.5, 0.6) is 0 Å². The largest absolute Gasteiger partial charge is 0.381 e. The predicted molar refractivity (Wildman–Crippen MR) is 74.8 cm³/mol. The lowest BCUT2D eigenvalue weighted by atomic mass is 10.1. The van der Waals surface area contributed by atoms with Gasteiger partial charge in [-0.3, -0.25) is 4.79 Å². The molecule has 1 unspecified atom stereocenters. The van der Waals surface area contributed by atoms with E-state index in [1.165, 1.54) is 0 Å². The molecular formula is C14H16N2OS. The molecule has 94 valence electrons. The van der Waals surface area contributed by atoms with E-state index in [2.05, 4.69) is 5.32 Å². The van der Waals surface area contributed by atoms with E-state index >= 15 is 0 Å². The zero-order chi connectivity index (χ0) is 13.5. The van der Waals surface area contributed by atoms with E-state index in [0.717, 1.165) is 17.3 Å². The van der Waals surface area contributed by atoms with Crippen LogP contribution < -0.4 is 5.32 Å². The number of nitriles is 1. The highest BCUT2D eigenvalue weighted by Crippen LogP contribution is 2.16. The highest BCUT2D eigenvalue weighted by Gasteiger charge is 2.13. The molecule has 0 saturated carbocycles. The average molecular weight is 260 g/mol. The number of carbonyl (C=O) groups excluding carboxylic acids is 1. The van der Waals surface area contributed by atoms with Crippen molar-refractivity contribution in [2.45, 2.75) is 19.9 Å². The van der Waals surface area contributed by atoms with Crippen molar-refractivity contribution in [3.05, 3.63) is 47.2 Å². The number of benzene rings is 1. The Bertz CT molecular complexity index is 488. The normalized spacial score (nSPS) is 13.2. The van der Waals surface area contributed by atoms with Gasteiger partial charge in [-0.1, -0.05) is 42.1 Å². The first-order valence-electron chi connectivity index (χ1n) is 5.61. The number of nitrogens with zero attached hydrogens (tertiary/aromatic N) is 1. The lowest BCUT2D eigenvalue weighted by Crippen LogP contribution is -2.19. The Kier molecular flexibility index (Phi) is 5.47. The topological polar surface area (TPSA) is 52.9 Å². The van der Waals surface area contributed by atoms with E-state index in [4.69, 9.17) is 5.26 Å². The van der Waals surface area contributed by atoms with Crippen LogP contribution in [0.4, 0.5) is 0 Å². The molecule has 0 aliphatic rings.